The van der Waals surface area contributed by atoms with Crippen molar-refractivity contribution in [1.29, 1.82) is 0 Å². The molecule has 1 unspecified atom stereocenters. The highest BCUT2D eigenvalue weighted by Crippen LogP contribution is 2.35. The number of amides is 1. The molecule has 1 aromatic carbocycles. The molecule has 3 aromatic rings. The minimum Gasteiger partial charge on any atom is -0.368 e. The van der Waals surface area contributed by atoms with E-state index in [4.69, 9.17) is 28.8 Å². The first kappa shape index (κ1) is 24.8. The SMILES string of the molecule is CCC(C)N1C(=O)C(=Cc2c(N3CCN(c4cccc(Cl)c4)CC3)nc3ccccn3c2=O)SC1=S. The van der Waals surface area contributed by atoms with Crippen molar-refractivity contribution in [3.63, 3.8) is 0 Å². The van der Waals surface area contributed by atoms with Crippen LogP contribution >= 0.6 is 35.6 Å². The maximum atomic E-state index is 13.6. The van der Waals surface area contributed by atoms with Gasteiger partial charge in [0.1, 0.15) is 15.8 Å². The van der Waals surface area contributed by atoms with E-state index >= 15 is 0 Å². The number of pyridine rings is 1. The molecule has 10 heteroatoms. The minimum absolute atomic E-state index is 0.00161. The van der Waals surface area contributed by atoms with Gasteiger partial charge in [-0.25, -0.2) is 4.98 Å². The molecule has 0 bridgehead atoms. The highest BCUT2D eigenvalue weighted by Gasteiger charge is 2.35. The summed E-state index contributed by atoms with van der Waals surface area (Å²) >= 11 is 12.9. The number of thioether (sulfide) groups is 1. The predicted octanol–water partition coefficient (Wildman–Crippen LogP) is 4.67. The molecule has 5 rings (SSSR count). The second kappa shape index (κ2) is 10.2. The first-order valence-electron chi connectivity index (χ1n) is 11.9. The van der Waals surface area contributed by atoms with Gasteiger partial charge in [-0.1, -0.05) is 54.6 Å². The minimum atomic E-state index is -0.207. The number of carbonyl (C=O) groups excluding carboxylic acids is 1. The Bertz CT molecular complexity index is 1430. The zero-order chi connectivity index (χ0) is 25.4. The van der Waals surface area contributed by atoms with E-state index in [0.717, 1.165) is 25.2 Å². The lowest BCUT2D eigenvalue weighted by molar-refractivity contribution is -0.123. The smallest absolute Gasteiger partial charge is 0.267 e. The third-order valence-electron chi connectivity index (χ3n) is 6.63. The summed E-state index contributed by atoms with van der Waals surface area (Å²) in [5.74, 6) is 0.430. The fourth-order valence-corrected chi connectivity index (χ4v) is 6.11. The molecule has 2 fully saturated rings. The van der Waals surface area contributed by atoms with E-state index in [9.17, 15) is 9.59 Å². The summed E-state index contributed by atoms with van der Waals surface area (Å²) in [4.78, 5) is 38.2. The lowest BCUT2D eigenvalue weighted by Crippen LogP contribution is -2.47. The number of piperazine rings is 1. The van der Waals surface area contributed by atoms with E-state index in [1.165, 1.54) is 16.2 Å². The Labute approximate surface area is 224 Å². The summed E-state index contributed by atoms with van der Waals surface area (Å²) in [6.07, 6.45) is 4.17. The maximum Gasteiger partial charge on any atom is 0.267 e. The number of nitrogens with zero attached hydrogens (tertiary/aromatic N) is 5. The van der Waals surface area contributed by atoms with Crippen LogP contribution in [-0.4, -0.2) is 56.7 Å². The van der Waals surface area contributed by atoms with E-state index < -0.39 is 0 Å². The van der Waals surface area contributed by atoms with Crippen LogP contribution in [0.1, 0.15) is 25.8 Å². The van der Waals surface area contributed by atoms with Crippen molar-refractivity contribution in [1.82, 2.24) is 14.3 Å². The fraction of sp³-hybridized carbons (Fsp3) is 0.308. The van der Waals surface area contributed by atoms with Crippen molar-refractivity contribution in [2.45, 2.75) is 26.3 Å². The van der Waals surface area contributed by atoms with Crippen molar-refractivity contribution in [2.75, 3.05) is 36.0 Å². The van der Waals surface area contributed by atoms with Gasteiger partial charge >= 0.3 is 0 Å². The average molecular weight is 540 g/mol. The van der Waals surface area contributed by atoms with E-state index in [-0.39, 0.29) is 17.5 Å². The lowest BCUT2D eigenvalue weighted by Gasteiger charge is -2.37. The topological polar surface area (TPSA) is 61.2 Å². The van der Waals surface area contributed by atoms with Crippen LogP contribution in [0.2, 0.25) is 5.02 Å². The van der Waals surface area contributed by atoms with Crippen LogP contribution in [0.4, 0.5) is 11.5 Å². The number of halogens is 1. The van der Waals surface area contributed by atoms with Crippen molar-refractivity contribution in [3.05, 3.63) is 74.5 Å². The Morgan fingerprint density at radius 2 is 1.86 bits per heavy atom. The standard InChI is InChI=1S/C26H26ClN5O2S2/c1-3-17(2)32-25(34)21(36-26(32)35)16-20-23(28-22-9-4-5-10-31(22)24(20)33)30-13-11-29(12-14-30)19-8-6-7-18(27)15-19/h4-10,15-17H,3,11-14H2,1-2H3. The van der Waals surface area contributed by atoms with Crippen LogP contribution in [0.25, 0.3) is 11.7 Å². The Hall–Kier alpha value is -2.88. The molecule has 2 saturated heterocycles. The highest BCUT2D eigenvalue weighted by molar-refractivity contribution is 8.26. The molecule has 0 aliphatic carbocycles. The van der Waals surface area contributed by atoms with Crippen LogP contribution in [0.3, 0.4) is 0 Å². The van der Waals surface area contributed by atoms with Gasteiger partial charge in [-0.3, -0.25) is 18.9 Å². The zero-order valence-corrected chi connectivity index (χ0v) is 22.4. The molecule has 0 saturated carbocycles. The van der Waals surface area contributed by atoms with E-state index in [2.05, 4.69) is 9.80 Å². The van der Waals surface area contributed by atoms with Gasteiger partial charge in [-0.05, 0) is 49.8 Å². The van der Waals surface area contributed by atoms with Gasteiger partial charge in [-0.2, -0.15) is 0 Å². The zero-order valence-electron chi connectivity index (χ0n) is 20.1. The molecule has 2 aromatic heterocycles. The molecule has 0 N–H and O–H groups in total. The van der Waals surface area contributed by atoms with Crippen LogP contribution in [-0.2, 0) is 4.79 Å². The van der Waals surface area contributed by atoms with Gasteiger partial charge in [0.25, 0.3) is 11.5 Å². The molecule has 2 aliphatic rings. The van der Waals surface area contributed by atoms with E-state index in [0.29, 0.717) is 44.4 Å². The first-order valence-corrected chi connectivity index (χ1v) is 13.5. The Morgan fingerprint density at radius 3 is 2.58 bits per heavy atom. The molecule has 4 heterocycles. The monoisotopic (exact) mass is 539 g/mol. The van der Waals surface area contributed by atoms with Crippen molar-refractivity contribution >= 4 is 69.0 Å². The molecule has 1 amide bonds. The number of hydrogen-bond acceptors (Lipinski definition) is 7. The van der Waals surface area contributed by atoms with Gasteiger partial charge in [-0.15, -0.1) is 0 Å². The Kier molecular flexibility index (Phi) is 7.05. The highest BCUT2D eigenvalue weighted by atomic mass is 35.5. The number of hydrogen-bond donors (Lipinski definition) is 0. The summed E-state index contributed by atoms with van der Waals surface area (Å²) < 4.78 is 2.04. The average Bonchev–Trinajstić information content (AvgIpc) is 3.17. The summed E-state index contributed by atoms with van der Waals surface area (Å²) in [7, 11) is 0. The second-order valence-corrected chi connectivity index (χ2v) is 11.0. The van der Waals surface area contributed by atoms with Gasteiger partial charge in [0.05, 0.1) is 10.5 Å². The summed E-state index contributed by atoms with van der Waals surface area (Å²) in [5, 5.41) is 0.705. The molecule has 0 spiro atoms. The van der Waals surface area contributed by atoms with Crippen molar-refractivity contribution < 1.29 is 4.79 Å². The van der Waals surface area contributed by atoms with E-state index in [1.807, 2.05) is 50.2 Å². The molecular formula is C26H26ClN5O2S2. The van der Waals surface area contributed by atoms with Crippen molar-refractivity contribution in [2.24, 2.45) is 0 Å². The second-order valence-electron chi connectivity index (χ2n) is 8.85. The molecule has 36 heavy (non-hydrogen) atoms. The van der Waals surface area contributed by atoms with Gasteiger partial charge < -0.3 is 9.80 Å². The Balaban J connectivity index is 1.52. The Morgan fingerprint density at radius 1 is 1.11 bits per heavy atom. The summed E-state index contributed by atoms with van der Waals surface area (Å²) in [6.45, 7) is 6.86. The van der Waals surface area contributed by atoms with Gasteiger partial charge in [0, 0.05) is 49.1 Å². The molecule has 0 radical (unpaired) electrons. The predicted molar refractivity (Wildman–Crippen MR) is 152 cm³/mol. The van der Waals surface area contributed by atoms with Crippen LogP contribution in [0.15, 0.2) is 58.4 Å². The summed E-state index contributed by atoms with van der Waals surface area (Å²) in [5.41, 5.74) is 1.84. The number of rotatable bonds is 5. The fourth-order valence-electron chi connectivity index (χ4n) is 4.48. The third kappa shape index (κ3) is 4.63. The number of thiocarbonyl (C=S) groups is 1. The molecule has 1 atom stereocenters. The third-order valence-corrected chi connectivity index (χ3v) is 8.20. The number of anilines is 2. The normalized spacial score (nSPS) is 18.5. The number of benzene rings is 1. The van der Waals surface area contributed by atoms with Crippen molar-refractivity contribution in [3.8, 4) is 0 Å². The van der Waals surface area contributed by atoms with Gasteiger partial charge in [0.2, 0.25) is 0 Å². The molecular weight excluding hydrogens is 514 g/mol. The molecule has 2 aliphatic heterocycles. The maximum absolute atomic E-state index is 13.6. The first-order chi connectivity index (χ1) is 17.4. The van der Waals surface area contributed by atoms with Gasteiger partial charge in [0.15, 0.2) is 0 Å². The van der Waals surface area contributed by atoms with E-state index in [1.54, 1.807) is 23.2 Å². The van der Waals surface area contributed by atoms with Crippen LogP contribution in [0.5, 0.6) is 0 Å². The number of carbonyl (C=O) groups is 1. The van der Waals surface area contributed by atoms with Crippen LogP contribution in [0, 0.1) is 0 Å². The molecule has 7 nitrogen and oxygen atoms in total. The largest absolute Gasteiger partial charge is 0.368 e. The quantitative estimate of drug-likeness (QED) is 0.345. The number of fused-ring (bicyclic) bond motifs is 1. The molecule has 186 valence electrons. The number of aromatic nitrogens is 2. The lowest BCUT2D eigenvalue weighted by atomic mass is 10.2. The summed E-state index contributed by atoms with van der Waals surface area (Å²) in [6, 6.07) is 13.3. The van der Waals surface area contributed by atoms with Crippen LogP contribution < -0.4 is 15.4 Å².